The van der Waals surface area contributed by atoms with E-state index in [4.69, 9.17) is 28.8 Å². The van der Waals surface area contributed by atoms with Crippen LogP contribution in [0.1, 0.15) is 59.8 Å². The van der Waals surface area contributed by atoms with Gasteiger partial charge in [-0.3, -0.25) is 38.5 Å². The van der Waals surface area contributed by atoms with E-state index in [-0.39, 0.29) is 116 Å². The van der Waals surface area contributed by atoms with Crippen molar-refractivity contribution in [3.05, 3.63) is 58.0 Å². The second kappa shape index (κ2) is 20.6. The molecule has 0 bridgehead atoms. The monoisotopic (exact) mass is 887 g/mol. The minimum absolute atomic E-state index is 0.0471. The molecular formula is C42H49F2N4O13S+. The van der Waals surface area contributed by atoms with E-state index in [2.05, 4.69) is 5.32 Å². The smallest absolute Gasteiger partial charge is 0.306 e. The Hall–Kier alpha value is -6.15. The Kier molecular flexibility index (Phi) is 15.6. The van der Waals surface area contributed by atoms with E-state index in [9.17, 15) is 33.6 Å². The lowest BCUT2D eigenvalue weighted by Crippen LogP contribution is -2.50. The third-order valence-electron chi connectivity index (χ3n) is 10.1. The van der Waals surface area contributed by atoms with Gasteiger partial charge in [-0.2, -0.15) is 0 Å². The fourth-order valence-electron chi connectivity index (χ4n) is 6.96. The van der Waals surface area contributed by atoms with E-state index < -0.39 is 53.3 Å². The van der Waals surface area contributed by atoms with E-state index in [0.717, 1.165) is 28.4 Å². The summed E-state index contributed by atoms with van der Waals surface area (Å²) in [5, 5.41) is 11.7. The number of benzene rings is 2. The first-order valence-corrected chi connectivity index (χ1v) is 20.5. The molecule has 0 aliphatic carbocycles. The molecule has 2 aromatic carbocycles. The minimum atomic E-state index is -1.11. The molecule has 20 heteroatoms. The largest absolute Gasteiger partial charge is 0.493 e. The van der Waals surface area contributed by atoms with Crippen molar-refractivity contribution in [2.75, 3.05) is 67.7 Å². The molecule has 2 aliphatic heterocycles. The van der Waals surface area contributed by atoms with Gasteiger partial charge in [-0.05, 0) is 24.6 Å². The highest BCUT2D eigenvalue weighted by molar-refractivity contribution is 7.20. The molecule has 1 atom stereocenters. The van der Waals surface area contributed by atoms with Gasteiger partial charge < -0.3 is 43.5 Å². The fraction of sp³-hybridized carbons (Fsp3) is 0.452. The summed E-state index contributed by atoms with van der Waals surface area (Å²) in [7, 11) is 6.45. The number of thiophene rings is 1. The molecule has 17 nitrogen and oxygen atoms in total. The first-order chi connectivity index (χ1) is 29.4. The van der Waals surface area contributed by atoms with Crippen molar-refractivity contribution in [2.24, 2.45) is 0 Å². The van der Waals surface area contributed by atoms with Crippen molar-refractivity contribution >= 4 is 62.8 Å². The number of esters is 1. The zero-order valence-corrected chi connectivity index (χ0v) is 35.8. The summed E-state index contributed by atoms with van der Waals surface area (Å²) in [4.78, 5) is 87.2. The summed E-state index contributed by atoms with van der Waals surface area (Å²) in [5.41, 5.74) is 0.761. The molecule has 2 aliphatic rings. The third-order valence-corrected chi connectivity index (χ3v) is 11.2. The summed E-state index contributed by atoms with van der Waals surface area (Å²) in [6, 6.07) is 4.50. The maximum absolute atomic E-state index is 15.9. The summed E-state index contributed by atoms with van der Waals surface area (Å²) in [5.74, 6) is -5.70. The lowest BCUT2D eigenvalue weighted by molar-refractivity contribution is -0.891. The van der Waals surface area contributed by atoms with Gasteiger partial charge in [0.25, 0.3) is 11.8 Å². The van der Waals surface area contributed by atoms with Crippen LogP contribution in [0.15, 0.2) is 30.4 Å². The number of hydrogen-bond donors (Lipinski definition) is 2. The zero-order valence-electron chi connectivity index (χ0n) is 35.0. The number of hydrogen-bond acceptors (Lipinski definition) is 13. The van der Waals surface area contributed by atoms with Gasteiger partial charge in [-0.15, -0.1) is 11.3 Å². The van der Waals surface area contributed by atoms with Crippen LogP contribution in [-0.4, -0.2) is 135 Å². The van der Waals surface area contributed by atoms with Crippen molar-refractivity contribution in [3.8, 4) is 23.0 Å². The molecular weight excluding hydrogens is 839 g/mol. The van der Waals surface area contributed by atoms with E-state index >= 15 is 8.78 Å². The molecule has 0 unspecified atom stereocenters. The van der Waals surface area contributed by atoms with Crippen LogP contribution >= 0.6 is 11.3 Å². The Labute approximate surface area is 359 Å². The summed E-state index contributed by atoms with van der Waals surface area (Å²) < 4.78 is 60.0. The number of nitrogens with one attached hydrogen (secondary N) is 1. The summed E-state index contributed by atoms with van der Waals surface area (Å²) >= 11 is 1.04. The van der Waals surface area contributed by atoms with Crippen LogP contribution in [0.4, 0.5) is 8.78 Å². The number of Topliss-reactive ketones (excluding diaryl/α,β-unsaturated/α-hetero) is 1. The number of halogens is 2. The number of ether oxygens (including phenoxy) is 5. The molecule has 2 N–H and O–H groups in total. The van der Waals surface area contributed by atoms with Crippen molar-refractivity contribution in [2.45, 2.75) is 58.2 Å². The number of methoxy groups -OCH3 is 2. The van der Waals surface area contributed by atoms with Crippen LogP contribution in [0, 0.1) is 11.6 Å². The number of fused-ring (bicyclic) bond motifs is 2. The van der Waals surface area contributed by atoms with Crippen molar-refractivity contribution in [1.29, 1.82) is 0 Å². The normalized spacial score (nSPS) is 13.9. The standard InChI is InChI=1S/C42H48F2N4O13S/c1-24(23-48(2,3)14-13-45-33(50)22-47-35(52)8-9-36(47)53)61-38(56)12-7-28(49)32-18-26-31(62-32)19-30(58-5)42(39(26)43)60-16-6-15-59-41-29(57-4)17-25-20-46(21-27(25)40(41)44)34(51)10-11-37(54)55/h8-9,17-19,24H,6-7,10-16,20-23H2,1-5H3,(H-,45,50,54,55)/p+1/t24-/m0/s1. The first kappa shape index (κ1) is 46.9. The number of rotatable bonds is 23. The van der Waals surface area contributed by atoms with E-state index in [1.165, 1.54) is 25.2 Å². The Morgan fingerprint density at radius 3 is 2.18 bits per heavy atom. The van der Waals surface area contributed by atoms with Gasteiger partial charge in [-0.25, -0.2) is 8.78 Å². The Balaban J connectivity index is 1.08. The molecule has 0 fully saturated rings. The average molecular weight is 888 g/mol. The first-order valence-electron chi connectivity index (χ1n) is 19.7. The lowest BCUT2D eigenvalue weighted by atomic mass is 10.1. The van der Waals surface area contributed by atoms with Gasteiger partial charge in [0.05, 0.1) is 72.3 Å². The van der Waals surface area contributed by atoms with Crippen molar-refractivity contribution < 1.29 is 75.6 Å². The number of carboxylic acid groups (broad SMARTS) is 1. The predicted molar refractivity (Wildman–Crippen MR) is 218 cm³/mol. The highest BCUT2D eigenvalue weighted by Gasteiger charge is 2.31. The molecule has 0 radical (unpaired) electrons. The summed E-state index contributed by atoms with van der Waals surface area (Å²) in [6.45, 7) is 2.37. The Morgan fingerprint density at radius 2 is 1.53 bits per heavy atom. The van der Waals surface area contributed by atoms with E-state index in [0.29, 0.717) is 27.8 Å². The molecule has 1 aromatic heterocycles. The molecule has 5 rings (SSSR count). The van der Waals surface area contributed by atoms with Crippen LogP contribution in [0.25, 0.3) is 10.1 Å². The van der Waals surface area contributed by atoms with Gasteiger partial charge in [-0.1, -0.05) is 0 Å². The molecule has 3 heterocycles. The number of carbonyl (C=O) groups excluding carboxylic acids is 6. The number of nitrogens with zero attached hydrogens (tertiary/aromatic N) is 3. The van der Waals surface area contributed by atoms with Crippen LogP contribution in [0.5, 0.6) is 23.0 Å². The third kappa shape index (κ3) is 11.8. The second-order valence-electron chi connectivity index (χ2n) is 15.3. The van der Waals surface area contributed by atoms with Crippen LogP contribution in [0.3, 0.4) is 0 Å². The highest BCUT2D eigenvalue weighted by atomic mass is 32.1. The number of carbonyl (C=O) groups is 7. The Morgan fingerprint density at radius 1 is 0.887 bits per heavy atom. The topological polar surface area (TPSA) is 204 Å². The minimum Gasteiger partial charge on any atom is -0.493 e. The molecule has 334 valence electrons. The highest BCUT2D eigenvalue weighted by Crippen LogP contribution is 2.41. The van der Waals surface area contributed by atoms with E-state index in [1.807, 2.05) is 14.1 Å². The molecule has 0 saturated heterocycles. The van der Waals surface area contributed by atoms with Crippen LogP contribution < -0.4 is 24.3 Å². The molecule has 0 saturated carbocycles. The summed E-state index contributed by atoms with van der Waals surface area (Å²) in [6.07, 6.45) is 0.929. The molecule has 4 amide bonds. The number of ketones is 1. The molecule has 0 spiro atoms. The van der Waals surface area contributed by atoms with Gasteiger partial charge in [0.2, 0.25) is 11.8 Å². The number of imide groups is 1. The zero-order chi connectivity index (χ0) is 45.3. The lowest BCUT2D eigenvalue weighted by Gasteiger charge is -2.32. The Bertz CT molecular complexity index is 2260. The second-order valence-corrected chi connectivity index (χ2v) is 16.4. The number of amides is 4. The molecule has 62 heavy (non-hydrogen) atoms. The number of aliphatic carboxylic acids is 1. The fourth-order valence-corrected chi connectivity index (χ4v) is 8.01. The van der Waals surface area contributed by atoms with Gasteiger partial charge in [0.15, 0.2) is 40.4 Å². The van der Waals surface area contributed by atoms with E-state index in [1.54, 1.807) is 19.1 Å². The predicted octanol–water partition coefficient (Wildman–Crippen LogP) is 3.76. The van der Waals surface area contributed by atoms with Gasteiger partial charge in [0, 0.05) is 66.2 Å². The maximum Gasteiger partial charge on any atom is 0.306 e. The molecule has 3 aromatic rings. The van der Waals surface area contributed by atoms with Gasteiger partial charge >= 0.3 is 11.9 Å². The number of carboxylic acids is 1. The van der Waals surface area contributed by atoms with Crippen LogP contribution in [-0.2, 0) is 46.6 Å². The average Bonchev–Trinajstić information content (AvgIpc) is 3.94. The quantitative estimate of drug-likeness (QED) is 0.0459. The van der Waals surface area contributed by atoms with Gasteiger partial charge in [0.1, 0.15) is 19.2 Å². The van der Waals surface area contributed by atoms with Crippen molar-refractivity contribution in [3.63, 3.8) is 0 Å². The number of likely N-dealkylation sites (N-methyl/N-ethyl adjacent to an activating group) is 1. The maximum atomic E-state index is 15.9. The number of quaternary nitrogens is 1. The van der Waals surface area contributed by atoms with Crippen LogP contribution in [0.2, 0.25) is 0 Å². The van der Waals surface area contributed by atoms with Crippen molar-refractivity contribution in [1.82, 2.24) is 15.1 Å². The SMILES string of the molecule is COc1cc2c(c(F)c1OCCCOc1c(OC)cc3sc(C(=O)CCC(=O)O[C@@H](C)C[N+](C)(C)CCNC(=O)CN4C(=O)C=CC4=O)cc3c1F)CN(C(=O)CCC(=O)O)C2.